The van der Waals surface area contributed by atoms with Gasteiger partial charge in [-0.05, 0) is 73.6 Å². The molecule has 0 N–H and O–H groups in total. The predicted octanol–water partition coefficient (Wildman–Crippen LogP) is 4.71. The van der Waals surface area contributed by atoms with E-state index >= 15 is 0 Å². The van der Waals surface area contributed by atoms with Crippen molar-refractivity contribution in [2.75, 3.05) is 13.1 Å². The smallest absolute Gasteiger partial charge is 0.254 e. The van der Waals surface area contributed by atoms with E-state index in [1.165, 1.54) is 11.1 Å². The lowest BCUT2D eigenvalue weighted by Crippen LogP contribution is -2.51. The molecule has 2 aromatic carbocycles. The van der Waals surface area contributed by atoms with Crippen LogP contribution in [0.1, 0.15) is 51.0 Å². The van der Waals surface area contributed by atoms with Crippen molar-refractivity contribution in [1.29, 1.82) is 0 Å². The zero-order valence-electron chi connectivity index (χ0n) is 20.0. The molecule has 5 rings (SSSR count). The summed E-state index contributed by atoms with van der Waals surface area (Å²) in [5.74, 6) is 0.279. The number of aromatic nitrogens is 1. The van der Waals surface area contributed by atoms with Crippen LogP contribution in [0.25, 0.3) is 0 Å². The summed E-state index contributed by atoms with van der Waals surface area (Å²) in [6.07, 6.45) is 5.66. The van der Waals surface area contributed by atoms with Crippen LogP contribution in [-0.4, -0.2) is 39.7 Å². The maximum Gasteiger partial charge on any atom is 0.254 e. The van der Waals surface area contributed by atoms with Crippen molar-refractivity contribution in [3.05, 3.63) is 100 Å². The highest BCUT2D eigenvalue weighted by molar-refractivity contribution is 5.96. The van der Waals surface area contributed by atoms with E-state index in [1.807, 2.05) is 47.9 Å². The first-order valence-electron chi connectivity index (χ1n) is 12.1. The Bertz CT molecular complexity index is 1210. The normalized spacial score (nSPS) is 17.4. The number of nitrogens with zero attached hydrogens (tertiary/aromatic N) is 3. The van der Waals surface area contributed by atoms with Crippen LogP contribution >= 0.6 is 0 Å². The number of pyridine rings is 1. The maximum absolute atomic E-state index is 14.0. The summed E-state index contributed by atoms with van der Waals surface area (Å²) in [5, 5.41) is 0. The van der Waals surface area contributed by atoms with Gasteiger partial charge in [0.15, 0.2) is 0 Å². The molecule has 0 bridgehead atoms. The molecular formula is C29H31N3O2. The van der Waals surface area contributed by atoms with Crippen molar-refractivity contribution in [1.82, 2.24) is 14.8 Å². The highest BCUT2D eigenvalue weighted by Crippen LogP contribution is 2.41. The molecule has 1 aromatic heterocycles. The third-order valence-electron chi connectivity index (χ3n) is 7.49. The number of amides is 2. The summed E-state index contributed by atoms with van der Waals surface area (Å²) in [5.41, 5.74) is 6.01. The molecular weight excluding hydrogens is 422 g/mol. The quantitative estimate of drug-likeness (QED) is 0.577. The van der Waals surface area contributed by atoms with Crippen molar-refractivity contribution < 1.29 is 9.59 Å². The Labute approximate surface area is 201 Å². The average molecular weight is 454 g/mol. The molecule has 1 fully saturated rings. The lowest BCUT2D eigenvalue weighted by molar-refractivity contribution is -0.145. The average Bonchev–Trinajstić information content (AvgIpc) is 2.95. The van der Waals surface area contributed by atoms with Gasteiger partial charge in [-0.15, -0.1) is 0 Å². The minimum absolute atomic E-state index is 0.0717. The molecule has 0 radical (unpaired) electrons. The fraction of sp³-hybridized carbons (Fsp3) is 0.345. The Morgan fingerprint density at radius 2 is 1.68 bits per heavy atom. The predicted molar refractivity (Wildman–Crippen MR) is 132 cm³/mol. The summed E-state index contributed by atoms with van der Waals surface area (Å²) >= 11 is 0. The van der Waals surface area contributed by atoms with Crippen LogP contribution in [0.3, 0.4) is 0 Å². The van der Waals surface area contributed by atoms with Gasteiger partial charge in [-0.2, -0.15) is 0 Å². The van der Waals surface area contributed by atoms with Crippen LogP contribution in [0.2, 0.25) is 0 Å². The Morgan fingerprint density at radius 1 is 0.971 bits per heavy atom. The van der Waals surface area contributed by atoms with E-state index in [1.54, 1.807) is 12.4 Å². The number of benzene rings is 2. The second-order valence-corrected chi connectivity index (χ2v) is 9.85. The highest BCUT2D eigenvalue weighted by Gasteiger charge is 2.46. The maximum atomic E-state index is 14.0. The van der Waals surface area contributed by atoms with Gasteiger partial charge in [0.2, 0.25) is 5.91 Å². The van der Waals surface area contributed by atoms with Crippen molar-refractivity contribution in [3.63, 3.8) is 0 Å². The summed E-state index contributed by atoms with van der Waals surface area (Å²) in [7, 11) is 0. The van der Waals surface area contributed by atoms with Crippen LogP contribution in [0.5, 0.6) is 0 Å². The van der Waals surface area contributed by atoms with E-state index in [9.17, 15) is 9.59 Å². The Hall–Kier alpha value is -3.47. The molecule has 3 heterocycles. The lowest BCUT2D eigenvalue weighted by atomic mass is 9.72. The number of aryl methyl sites for hydroxylation is 2. The summed E-state index contributed by atoms with van der Waals surface area (Å²) in [4.78, 5) is 35.4. The van der Waals surface area contributed by atoms with Gasteiger partial charge in [-0.25, -0.2) is 0 Å². The van der Waals surface area contributed by atoms with E-state index in [-0.39, 0.29) is 11.8 Å². The van der Waals surface area contributed by atoms with E-state index in [0.717, 1.165) is 28.7 Å². The van der Waals surface area contributed by atoms with Crippen molar-refractivity contribution >= 4 is 11.8 Å². The van der Waals surface area contributed by atoms with Gasteiger partial charge >= 0.3 is 0 Å². The minimum atomic E-state index is -0.473. The molecule has 174 valence electrons. The van der Waals surface area contributed by atoms with E-state index < -0.39 is 5.41 Å². The van der Waals surface area contributed by atoms with E-state index in [0.29, 0.717) is 39.0 Å². The van der Waals surface area contributed by atoms with Crippen LogP contribution in [-0.2, 0) is 24.3 Å². The monoisotopic (exact) mass is 453 g/mol. The standard InChI is InChI=1S/C29H31N3O2/c1-21-7-8-26(22(2)17-21)27(33)31-15-11-29(12-16-31)18-24-5-3-4-6-25(24)20-32(28(29)34)19-23-9-13-30-14-10-23/h3-10,13-14,17H,11-12,15-16,18-20H2,1-2H3. The molecule has 2 amide bonds. The number of rotatable bonds is 3. The van der Waals surface area contributed by atoms with Crippen molar-refractivity contribution in [2.24, 2.45) is 5.41 Å². The number of carbonyl (C=O) groups is 2. The van der Waals surface area contributed by atoms with Crippen LogP contribution < -0.4 is 0 Å². The second-order valence-electron chi connectivity index (χ2n) is 9.85. The number of piperidine rings is 1. The zero-order valence-corrected chi connectivity index (χ0v) is 20.0. The van der Waals surface area contributed by atoms with Crippen molar-refractivity contribution in [3.8, 4) is 0 Å². The highest BCUT2D eigenvalue weighted by atomic mass is 16.2. The summed E-state index contributed by atoms with van der Waals surface area (Å²) in [6, 6.07) is 18.3. The summed E-state index contributed by atoms with van der Waals surface area (Å²) in [6.45, 7) is 6.42. The van der Waals surface area contributed by atoms with Crippen LogP contribution in [0.15, 0.2) is 67.0 Å². The third kappa shape index (κ3) is 4.23. The molecule has 2 aliphatic rings. The van der Waals surface area contributed by atoms with Gasteiger partial charge in [-0.1, -0.05) is 42.0 Å². The van der Waals surface area contributed by atoms with Gasteiger partial charge in [-0.3, -0.25) is 14.6 Å². The number of hydrogen-bond acceptors (Lipinski definition) is 3. The third-order valence-corrected chi connectivity index (χ3v) is 7.49. The molecule has 5 heteroatoms. The molecule has 5 nitrogen and oxygen atoms in total. The SMILES string of the molecule is Cc1ccc(C(=O)N2CCC3(CC2)Cc2ccccc2CN(Cc2ccncc2)C3=O)c(C)c1. The molecule has 3 aromatic rings. The molecule has 1 saturated heterocycles. The lowest BCUT2D eigenvalue weighted by Gasteiger charge is -2.42. The molecule has 0 aliphatic carbocycles. The molecule has 34 heavy (non-hydrogen) atoms. The van der Waals surface area contributed by atoms with Crippen LogP contribution in [0.4, 0.5) is 0 Å². The van der Waals surface area contributed by atoms with Gasteiger partial charge in [0.05, 0.1) is 5.41 Å². The topological polar surface area (TPSA) is 53.5 Å². The largest absolute Gasteiger partial charge is 0.339 e. The van der Waals surface area contributed by atoms with Gasteiger partial charge in [0.1, 0.15) is 0 Å². The molecule has 1 spiro atoms. The molecule has 0 atom stereocenters. The van der Waals surface area contributed by atoms with Gasteiger partial charge < -0.3 is 9.80 Å². The van der Waals surface area contributed by atoms with E-state index in [2.05, 4.69) is 35.3 Å². The number of fused-ring (bicyclic) bond motifs is 1. The first-order valence-corrected chi connectivity index (χ1v) is 12.1. The number of hydrogen-bond donors (Lipinski definition) is 0. The first kappa shape index (κ1) is 22.3. The Morgan fingerprint density at radius 3 is 2.38 bits per heavy atom. The summed E-state index contributed by atoms with van der Waals surface area (Å²) < 4.78 is 0. The van der Waals surface area contributed by atoms with Crippen molar-refractivity contribution in [2.45, 2.75) is 46.2 Å². The minimum Gasteiger partial charge on any atom is -0.339 e. The van der Waals surface area contributed by atoms with Gasteiger partial charge in [0.25, 0.3) is 5.91 Å². The molecule has 2 aliphatic heterocycles. The molecule has 0 unspecified atom stereocenters. The van der Waals surface area contributed by atoms with Crippen LogP contribution in [0, 0.1) is 19.3 Å². The molecule has 0 saturated carbocycles. The number of likely N-dealkylation sites (tertiary alicyclic amines) is 1. The fourth-order valence-corrected chi connectivity index (χ4v) is 5.53. The fourth-order valence-electron chi connectivity index (χ4n) is 5.53. The first-order chi connectivity index (χ1) is 16.4. The zero-order chi connectivity index (χ0) is 23.7. The number of carbonyl (C=O) groups excluding carboxylic acids is 2. The van der Waals surface area contributed by atoms with Gasteiger partial charge in [0, 0.05) is 44.1 Å². The Kier molecular flexibility index (Phi) is 5.94. The van der Waals surface area contributed by atoms with E-state index in [4.69, 9.17) is 0 Å². The second kappa shape index (κ2) is 9.05. The Balaban J connectivity index is 1.40.